The van der Waals surface area contributed by atoms with Gasteiger partial charge < -0.3 is 4.98 Å². The summed E-state index contributed by atoms with van der Waals surface area (Å²) in [5.41, 5.74) is 2.23. The Morgan fingerprint density at radius 3 is 2.57 bits per heavy atom. The fourth-order valence-electron chi connectivity index (χ4n) is 1.39. The summed E-state index contributed by atoms with van der Waals surface area (Å²) in [6, 6.07) is 10.2. The van der Waals surface area contributed by atoms with E-state index in [-0.39, 0.29) is 4.87 Å². The molecule has 0 saturated carbocycles. The first-order chi connectivity index (χ1) is 6.75. The number of aromatic nitrogens is 1. The van der Waals surface area contributed by atoms with Crippen LogP contribution in [-0.4, -0.2) is 4.98 Å². The van der Waals surface area contributed by atoms with Crippen molar-refractivity contribution in [2.24, 2.45) is 0 Å². The highest BCUT2D eigenvalue weighted by molar-refractivity contribution is 7.09. The molecule has 14 heavy (non-hydrogen) atoms. The lowest BCUT2D eigenvalue weighted by Gasteiger charge is -1.98. The zero-order valence-electron chi connectivity index (χ0n) is 7.91. The molecular formula is C11H11NOS. The number of rotatable bonds is 2. The van der Waals surface area contributed by atoms with Crippen LogP contribution in [0, 0.1) is 6.92 Å². The molecule has 1 N–H and O–H groups in total. The van der Waals surface area contributed by atoms with E-state index >= 15 is 0 Å². The zero-order valence-corrected chi connectivity index (χ0v) is 8.73. The van der Waals surface area contributed by atoms with E-state index in [0.29, 0.717) is 0 Å². The second kappa shape index (κ2) is 3.80. The summed E-state index contributed by atoms with van der Waals surface area (Å²) in [6.07, 6.45) is 0.843. The lowest BCUT2D eigenvalue weighted by Crippen LogP contribution is -1.91. The molecule has 72 valence electrons. The van der Waals surface area contributed by atoms with E-state index in [0.717, 1.165) is 17.0 Å². The fourth-order valence-corrected chi connectivity index (χ4v) is 2.26. The quantitative estimate of drug-likeness (QED) is 0.802. The Kier molecular flexibility index (Phi) is 2.50. The molecule has 1 aromatic carbocycles. The van der Waals surface area contributed by atoms with Crippen LogP contribution in [0.15, 0.2) is 35.1 Å². The third-order valence-corrected chi connectivity index (χ3v) is 3.12. The molecule has 0 aliphatic carbocycles. The maximum absolute atomic E-state index is 11.1. The molecule has 2 nitrogen and oxygen atoms in total. The highest BCUT2D eigenvalue weighted by Gasteiger charge is 2.03. The molecule has 0 amide bonds. The summed E-state index contributed by atoms with van der Waals surface area (Å²) in [6.45, 7) is 1.94. The van der Waals surface area contributed by atoms with Crippen LogP contribution in [0.5, 0.6) is 0 Å². The van der Waals surface area contributed by atoms with Crippen molar-refractivity contribution in [1.29, 1.82) is 0 Å². The van der Waals surface area contributed by atoms with Crippen LogP contribution < -0.4 is 4.87 Å². The number of thiazole rings is 1. The highest BCUT2D eigenvalue weighted by atomic mass is 32.1. The van der Waals surface area contributed by atoms with Gasteiger partial charge in [0, 0.05) is 17.0 Å². The van der Waals surface area contributed by atoms with Gasteiger partial charge in [-0.15, -0.1) is 0 Å². The Morgan fingerprint density at radius 1 is 1.29 bits per heavy atom. The standard InChI is InChI=1S/C11H11NOS/c1-8-10(14-11(13)12-8)7-9-5-3-2-4-6-9/h2-6H,7H2,1H3,(H,12,13). The molecule has 1 heterocycles. The molecule has 0 unspecified atom stereocenters. The number of hydrogen-bond donors (Lipinski definition) is 1. The van der Waals surface area contributed by atoms with Crippen LogP contribution in [0.4, 0.5) is 0 Å². The molecule has 2 aromatic rings. The molecule has 2 rings (SSSR count). The van der Waals surface area contributed by atoms with Crippen molar-refractivity contribution in [2.75, 3.05) is 0 Å². The van der Waals surface area contributed by atoms with Gasteiger partial charge in [0.15, 0.2) is 0 Å². The number of hydrogen-bond acceptors (Lipinski definition) is 2. The van der Waals surface area contributed by atoms with Crippen LogP contribution in [0.2, 0.25) is 0 Å². The van der Waals surface area contributed by atoms with Crippen molar-refractivity contribution in [3.05, 3.63) is 56.1 Å². The lowest BCUT2D eigenvalue weighted by atomic mass is 10.1. The Labute approximate surface area is 86.2 Å². The zero-order chi connectivity index (χ0) is 9.97. The minimum Gasteiger partial charge on any atom is -0.317 e. The Balaban J connectivity index is 2.27. The van der Waals surface area contributed by atoms with E-state index < -0.39 is 0 Å². The molecule has 0 saturated heterocycles. The van der Waals surface area contributed by atoms with E-state index in [4.69, 9.17) is 0 Å². The van der Waals surface area contributed by atoms with E-state index in [1.165, 1.54) is 16.9 Å². The van der Waals surface area contributed by atoms with Crippen LogP contribution in [0.1, 0.15) is 16.1 Å². The second-order valence-corrected chi connectivity index (χ2v) is 4.29. The average molecular weight is 205 g/mol. The minimum atomic E-state index is 0.0356. The first-order valence-electron chi connectivity index (χ1n) is 4.48. The van der Waals surface area contributed by atoms with Gasteiger partial charge in [-0.05, 0) is 12.5 Å². The van der Waals surface area contributed by atoms with Gasteiger partial charge in [-0.1, -0.05) is 41.7 Å². The van der Waals surface area contributed by atoms with E-state index in [2.05, 4.69) is 17.1 Å². The van der Waals surface area contributed by atoms with Crippen LogP contribution in [-0.2, 0) is 6.42 Å². The minimum absolute atomic E-state index is 0.0356. The molecule has 0 aliphatic heterocycles. The molecule has 0 aliphatic rings. The molecular weight excluding hydrogens is 194 g/mol. The SMILES string of the molecule is Cc1[nH]c(=O)sc1Cc1ccccc1. The monoisotopic (exact) mass is 205 g/mol. The van der Waals surface area contributed by atoms with Gasteiger partial charge in [0.2, 0.25) is 0 Å². The summed E-state index contributed by atoms with van der Waals surface area (Å²) in [7, 11) is 0. The maximum Gasteiger partial charge on any atom is 0.304 e. The van der Waals surface area contributed by atoms with Crippen LogP contribution >= 0.6 is 11.3 Å². The van der Waals surface area contributed by atoms with Crippen molar-refractivity contribution in [3.8, 4) is 0 Å². The number of aryl methyl sites for hydroxylation is 1. The van der Waals surface area contributed by atoms with Crippen molar-refractivity contribution in [2.45, 2.75) is 13.3 Å². The predicted molar refractivity (Wildman–Crippen MR) is 58.9 cm³/mol. The van der Waals surface area contributed by atoms with Gasteiger partial charge in [0.05, 0.1) is 0 Å². The first kappa shape index (κ1) is 9.21. The molecule has 0 fully saturated rings. The first-order valence-corrected chi connectivity index (χ1v) is 5.30. The van der Waals surface area contributed by atoms with Crippen molar-refractivity contribution < 1.29 is 0 Å². The van der Waals surface area contributed by atoms with Crippen LogP contribution in [0.25, 0.3) is 0 Å². The Morgan fingerprint density at radius 2 is 2.00 bits per heavy atom. The molecule has 3 heteroatoms. The molecule has 1 aromatic heterocycles. The predicted octanol–water partition coefficient (Wildman–Crippen LogP) is 2.34. The summed E-state index contributed by atoms with van der Waals surface area (Å²) in [5, 5.41) is 0. The fraction of sp³-hybridized carbons (Fsp3) is 0.182. The Hall–Kier alpha value is -1.35. The van der Waals surface area contributed by atoms with Gasteiger partial charge in [0.1, 0.15) is 0 Å². The van der Waals surface area contributed by atoms with E-state index in [1.807, 2.05) is 25.1 Å². The normalized spacial score (nSPS) is 10.4. The third-order valence-electron chi connectivity index (χ3n) is 2.13. The third kappa shape index (κ3) is 1.93. The molecule has 0 spiro atoms. The lowest BCUT2D eigenvalue weighted by molar-refractivity contribution is 1.13. The number of aromatic amines is 1. The summed E-state index contributed by atoms with van der Waals surface area (Å²) in [5.74, 6) is 0. The van der Waals surface area contributed by atoms with E-state index in [1.54, 1.807) is 0 Å². The van der Waals surface area contributed by atoms with Crippen LogP contribution in [0.3, 0.4) is 0 Å². The van der Waals surface area contributed by atoms with Gasteiger partial charge in [-0.2, -0.15) is 0 Å². The van der Waals surface area contributed by atoms with Gasteiger partial charge in [-0.25, -0.2) is 0 Å². The molecule has 0 atom stereocenters. The molecule has 0 bridgehead atoms. The van der Waals surface area contributed by atoms with Crippen molar-refractivity contribution >= 4 is 11.3 Å². The summed E-state index contributed by atoms with van der Waals surface area (Å²) in [4.78, 5) is 15.0. The van der Waals surface area contributed by atoms with Gasteiger partial charge >= 0.3 is 4.87 Å². The summed E-state index contributed by atoms with van der Waals surface area (Å²) < 4.78 is 0. The number of nitrogens with one attached hydrogen (secondary N) is 1. The molecule has 0 radical (unpaired) electrons. The van der Waals surface area contributed by atoms with Crippen molar-refractivity contribution in [1.82, 2.24) is 4.98 Å². The van der Waals surface area contributed by atoms with Gasteiger partial charge in [0.25, 0.3) is 0 Å². The topological polar surface area (TPSA) is 32.9 Å². The second-order valence-electron chi connectivity index (χ2n) is 3.23. The van der Waals surface area contributed by atoms with E-state index in [9.17, 15) is 4.79 Å². The number of H-pyrrole nitrogens is 1. The largest absolute Gasteiger partial charge is 0.317 e. The average Bonchev–Trinajstić information content (AvgIpc) is 2.47. The van der Waals surface area contributed by atoms with Crippen molar-refractivity contribution in [3.63, 3.8) is 0 Å². The smallest absolute Gasteiger partial charge is 0.304 e. The highest BCUT2D eigenvalue weighted by Crippen LogP contribution is 2.13. The summed E-state index contributed by atoms with van der Waals surface area (Å²) >= 11 is 1.30. The Bertz CT molecular complexity index is 470. The maximum atomic E-state index is 11.1. The van der Waals surface area contributed by atoms with Gasteiger partial charge in [-0.3, -0.25) is 4.79 Å². The number of benzene rings is 1.